The van der Waals surface area contributed by atoms with Gasteiger partial charge in [0.25, 0.3) is 0 Å². The summed E-state index contributed by atoms with van der Waals surface area (Å²) in [6.45, 7) is 2.11. The Hall–Kier alpha value is -0.650. The average Bonchev–Trinajstić information content (AvgIpc) is 2.46. The number of aliphatic hydroxyl groups excluding tert-OH is 1. The lowest BCUT2D eigenvalue weighted by Crippen LogP contribution is -2.46. The first kappa shape index (κ1) is 15.7. The molecule has 1 saturated heterocycles. The van der Waals surface area contributed by atoms with Gasteiger partial charge in [-0.3, -0.25) is 0 Å². The summed E-state index contributed by atoms with van der Waals surface area (Å²) in [6, 6.07) is 7.74. The van der Waals surface area contributed by atoms with Gasteiger partial charge in [-0.1, -0.05) is 23.7 Å². The van der Waals surface area contributed by atoms with Crippen molar-refractivity contribution in [1.29, 1.82) is 0 Å². The molecule has 1 aromatic rings. The minimum absolute atomic E-state index is 0.291. The molecule has 2 atom stereocenters. The summed E-state index contributed by atoms with van der Waals surface area (Å²) in [5, 5.41) is 14.2. The van der Waals surface area contributed by atoms with Gasteiger partial charge in [0.1, 0.15) is 0 Å². The van der Waals surface area contributed by atoms with E-state index in [1.807, 2.05) is 24.3 Å². The highest BCUT2D eigenvalue weighted by molar-refractivity contribution is 6.30. The first-order valence-electron chi connectivity index (χ1n) is 7.14. The van der Waals surface area contributed by atoms with Gasteiger partial charge in [-0.25, -0.2) is 0 Å². The molecule has 0 saturated carbocycles. The van der Waals surface area contributed by atoms with Crippen LogP contribution < -0.4 is 11.1 Å². The van der Waals surface area contributed by atoms with Crippen LogP contribution in [0.15, 0.2) is 24.3 Å². The molecule has 0 aromatic heterocycles. The third-order valence-electron chi connectivity index (χ3n) is 3.69. The second-order valence-corrected chi connectivity index (χ2v) is 5.80. The smallest absolute Gasteiger partial charge is 0.0818 e. The van der Waals surface area contributed by atoms with Crippen LogP contribution in [-0.4, -0.2) is 43.1 Å². The maximum Gasteiger partial charge on any atom is 0.0818 e. The van der Waals surface area contributed by atoms with Gasteiger partial charge in [0.05, 0.1) is 6.10 Å². The SMILES string of the molecule is N[C@@H](Cc1cccc(Cl)c1)[C@H](O)CNC1CCOCC1. The molecule has 4 N–H and O–H groups in total. The zero-order valence-electron chi connectivity index (χ0n) is 11.6. The summed E-state index contributed by atoms with van der Waals surface area (Å²) in [6.07, 6.45) is 2.06. The van der Waals surface area contributed by atoms with Gasteiger partial charge in [-0.15, -0.1) is 0 Å². The number of nitrogens with two attached hydrogens (primary N) is 1. The summed E-state index contributed by atoms with van der Waals surface area (Å²) in [7, 11) is 0. The molecule has 0 unspecified atom stereocenters. The Morgan fingerprint density at radius 3 is 2.85 bits per heavy atom. The molecule has 1 aliphatic rings. The lowest BCUT2D eigenvalue weighted by atomic mass is 10.0. The van der Waals surface area contributed by atoms with E-state index in [1.54, 1.807) is 0 Å². The quantitative estimate of drug-likeness (QED) is 0.741. The summed E-state index contributed by atoms with van der Waals surface area (Å²) in [5.41, 5.74) is 7.11. The monoisotopic (exact) mass is 298 g/mol. The number of aliphatic hydroxyl groups is 1. The fourth-order valence-corrected chi connectivity index (χ4v) is 2.63. The molecule has 112 valence electrons. The molecular formula is C15H23ClN2O2. The predicted molar refractivity (Wildman–Crippen MR) is 81.0 cm³/mol. The van der Waals surface area contributed by atoms with Crippen LogP contribution in [0.5, 0.6) is 0 Å². The van der Waals surface area contributed by atoms with Crippen molar-refractivity contribution >= 4 is 11.6 Å². The highest BCUT2D eigenvalue weighted by Crippen LogP contribution is 2.13. The first-order valence-corrected chi connectivity index (χ1v) is 7.52. The average molecular weight is 299 g/mol. The molecule has 0 radical (unpaired) electrons. The number of hydrogen-bond acceptors (Lipinski definition) is 4. The summed E-state index contributed by atoms with van der Waals surface area (Å²) < 4.78 is 5.30. The molecular weight excluding hydrogens is 276 g/mol. The zero-order chi connectivity index (χ0) is 14.4. The van der Waals surface area contributed by atoms with Crippen LogP contribution in [0.3, 0.4) is 0 Å². The van der Waals surface area contributed by atoms with E-state index in [-0.39, 0.29) is 6.04 Å². The Labute approximate surface area is 125 Å². The minimum Gasteiger partial charge on any atom is -0.390 e. The topological polar surface area (TPSA) is 67.5 Å². The Kier molecular flexibility index (Phi) is 6.26. The molecule has 1 aromatic carbocycles. The van der Waals surface area contributed by atoms with Gasteiger partial charge in [-0.05, 0) is 37.0 Å². The number of halogens is 1. The first-order chi connectivity index (χ1) is 9.65. The molecule has 2 rings (SSSR count). The molecule has 4 nitrogen and oxygen atoms in total. The van der Waals surface area contributed by atoms with Crippen molar-refractivity contribution in [2.45, 2.75) is 37.5 Å². The van der Waals surface area contributed by atoms with Crippen LogP contribution in [0.2, 0.25) is 5.02 Å². The van der Waals surface area contributed by atoms with E-state index in [4.69, 9.17) is 22.1 Å². The van der Waals surface area contributed by atoms with E-state index >= 15 is 0 Å². The summed E-state index contributed by atoms with van der Waals surface area (Å²) >= 11 is 5.94. The van der Waals surface area contributed by atoms with Crippen LogP contribution in [0.1, 0.15) is 18.4 Å². The van der Waals surface area contributed by atoms with Crippen molar-refractivity contribution in [3.8, 4) is 0 Å². The molecule has 0 spiro atoms. The maximum atomic E-state index is 10.1. The zero-order valence-corrected chi connectivity index (χ0v) is 12.4. The third kappa shape index (κ3) is 5.04. The molecule has 1 heterocycles. The van der Waals surface area contributed by atoms with E-state index in [1.165, 1.54) is 0 Å². The third-order valence-corrected chi connectivity index (χ3v) is 3.93. The van der Waals surface area contributed by atoms with Gasteiger partial charge in [0, 0.05) is 36.9 Å². The Morgan fingerprint density at radius 1 is 1.40 bits per heavy atom. The van der Waals surface area contributed by atoms with E-state index in [0.717, 1.165) is 31.6 Å². The second-order valence-electron chi connectivity index (χ2n) is 5.36. The molecule has 1 aliphatic heterocycles. The van der Waals surface area contributed by atoms with Crippen molar-refractivity contribution in [2.75, 3.05) is 19.8 Å². The summed E-state index contributed by atoms with van der Waals surface area (Å²) in [4.78, 5) is 0. The van der Waals surface area contributed by atoms with E-state index in [0.29, 0.717) is 24.0 Å². The van der Waals surface area contributed by atoms with Crippen LogP contribution in [0, 0.1) is 0 Å². The normalized spacial score (nSPS) is 19.8. The van der Waals surface area contributed by atoms with Crippen molar-refractivity contribution in [3.63, 3.8) is 0 Å². The van der Waals surface area contributed by atoms with Gasteiger partial charge < -0.3 is 20.9 Å². The maximum absolute atomic E-state index is 10.1. The summed E-state index contributed by atoms with van der Waals surface area (Å²) in [5.74, 6) is 0. The second kappa shape index (κ2) is 7.96. The van der Waals surface area contributed by atoms with Gasteiger partial charge in [-0.2, -0.15) is 0 Å². The Balaban J connectivity index is 1.75. The van der Waals surface area contributed by atoms with E-state index in [9.17, 15) is 5.11 Å². The largest absolute Gasteiger partial charge is 0.390 e. The number of benzene rings is 1. The predicted octanol–water partition coefficient (Wildman–Crippen LogP) is 1.34. The fourth-order valence-electron chi connectivity index (χ4n) is 2.41. The highest BCUT2D eigenvalue weighted by Gasteiger charge is 2.18. The number of hydrogen-bond donors (Lipinski definition) is 3. The van der Waals surface area contributed by atoms with E-state index < -0.39 is 6.10 Å². The Bertz CT molecular complexity index is 411. The van der Waals surface area contributed by atoms with Gasteiger partial charge >= 0.3 is 0 Å². The Morgan fingerprint density at radius 2 is 2.15 bits per heavy atom. The molecule has 5 heteroatoms. The van der Waals surface area contributed by atoms with Crippen LogP contribution in [-0.2, 0) is 11.2 Å². The van der Waals surface area contributed by atoms with Crippen LogP contribution in [0.25, 0.3) is 0 Å². The van der Waals surface area contributed by atoms with Gasteiger partial charge in [0.2, 0.25) is 0 Å². The van der Waals surface area contributed by atoms with Crippen LogP contribution in [0.4, 0.5) is 0 Å². The van der Waals surface area contributed by atoms with Crippen molar-refractivity contribution in [2.24, 2.45) is 5.73 Å². The molecule has 0 aliphatic carbocycles. The molecule has 1 fully saturated rings. The standard InChI is InChI=1S/C15H23ClN2O2/c16-12-3-1-2-11(8-12)9-14(17)15(19)10-18-13-4-6-20-7-5-13/h1-3,8,13-15,18-19H,4-7,9-10,17H2/t14-,15+/m0/s1. The number of rotatable bonds is 6. The fraction of sp³-hybridized carbons (Fsp3) is 0.600. The molecule has 20 heavy (non-hydrogen) atoms. The number of nitrogens with one attached hydrogen (secondary N) is 1. The molecule has 0 amide bonds. The minimum atomic E-state index is -0.558. The highest BCUT2D eigenvalue weighted by atomic mass is 35.5. The molecule has 0 bridgehead atoms. The van der Waals surface area contributed by atoms with Crippen molar-refractivity contribution in [1.82, 2.24) is 5.32 Å². The number of ether oxygens (including phenoxy) is 1. The van der Waals surface area contributed by atoms with Gasteiger partial charge in [0.15, 0.2) is 0 Å². The van der Waals surface area contributed by atoms with Crippen molar-refractivity contribution < 1.29 is 9.84 Å². The van der Waals surface area contributed by atoms with Crippen LogP contribution >= 0.6 is 11.6 Å². The van der Waals surface area contributed by atoms with E-state index in [2.05, 4.69) is 5.32 Å². The lowest BCUT2D eigenvalue weighted by molar-refractivity contribution is 0.0700. The van der Waals surface area contributed by atoms with Crippen molar-refractivity contribution in [3.05, 3.63) is 34.9 Å². The lowest BCUT2D eigenvalue weighted by Gasteiger charge is -2.26.